The van der Waals surface area contributed by atoms with Crippen LogP contribution in [-0.2, 0) is 7.05 Å². The minimum absolute atomic E-state index is 0.152. The van der Waals surface area contributed by atoms with E-state index >= 15 is 0 Å². The van der Waals surface area contributed by atoms with Gasteiger partial charge in [0.2, 0.25) is 5.75 Å². The van der Waals surface area contributed by atoms with Gasteiger partial charge in [0.05, 0.1) is 26.7 Å². The van der Waals surface area contributed by atoms with Crippen LogP contribution < -0.4 is 19.1 Å². The molecule has 9 heteroatoms. The van der Waals surface area contributed by atoms with Crippen LogP contribution >= 0.6 is 0 Å². The molecule has 0 spiro atoms. The Hall–Kier alpha value is -3.07. The van der Waals surface area contributed by atoms with E-state index in [2.05, 4.69) is 19.9 Å². The van der Waals surface area contributed by atoms with Gasteiger partial charge in [-0.25, -0.2) is 15.0 Å². The molecule has 0 amide bonds. The van der Waals surface area contributed by atoms with Gasteiger partial charge in [-0.15, -0.1) is 0 Å². The Morgan fingerprint density at radius 2 is 1.77 bits per heavy atom. The predicted molar refractivity (Wildman–Crippen MR) is 112 cm³/mol. The smallest absolute Gasteiger partial charge is 0.205 e. The van der Waals surface area contributed by atoms with E-state index in [0.29, 0.717) is 28.6 Å². The first kappa shape index (κ1) is 20.2. The summed E-state index contributed by atoms with van der Waals surface area (Å²) in [5.74, 6) is 3.29. The Labute approximate surface area is 175 Å². The second kappa shape index (κ2) is 8.35. The Balaban J connectivity index is 1.62. The van der Waals surface area contributed by atoms with Crippen molar-refractivity contribution < 1.29 is 19.3 Å². The molecule has 4 rings (SSSR count). The molecule has 0 saturated carbocycles. The molecular weight excluding hydrogens is 386 g/mol. The summed E-state index contributed by atoms with van der Waals surface area (Å²) in [5.41, 5.74) is 0.676. The molecule has 1 atom stereocenters. The van der Waals surface area contributed by atoms with Crippen molar-refractivity contribution in [1.29, 1.82) is 0 Å². The van der Waals surface area contributed by atoms with E-state index in [9.17, 15) is 5.11 Å². The number of hydrogen-bond donors (Lipinski definition) is 1. The minimum Gasteiger partial charge on any atom is -0.493 e. The van der Waals surface area contributed by atoms with E-state index < -0.39 is 6.10 Å². The molecule has 0 bridgehead atoms. The van der Waals surface area contributed by atoms with Gasteiger partial charge < -0.3 is 28.8 Å². The van der Waals surface area contributed by atoms with Gasteiger partial charge in [0.25, 0.3) is 0 Å². The lowest BCUT2D eigenvalue weighted by molar-refractivity contribution is 0.0824. The Bertz CT molecular complexity index is 1030. The molecule has 3 heterocycles. The summed E-state index contributed by atoms with van der Waals surface area (Å²) in [6.45, 7) is 1.55. The number of ether oxygens (including phenoxy) is 3. The lowest BCUT2D eigenvalue weighted by Crippen LogP contribution is -2.36. The standard InChI is InChI=1S/C21H27N5O4/c1-25-10-7-22-21(25)17(27)13-5-8-26(9-6-13)20-14-11-15(28-2)18(29-3)19(30-4)16(14)23-12-24-20/h7,10-13,17,27H,5-6,8-9H2,1-4H3. The van der Waals surface area contributed by atoms with E-state index in [1.807, 2.05) is 23.9 Å². The average Bonchev–Trinajstić information content (AvgIpc) is 3.22. The van der Waals surface area contributed by atoms with Crippen LogP contribution in [0.2, 0.25) is 0 Å². The maximum Gasteiger partial charge on any atom is 0.205 e. The van der Waals surface area contributed by atoms with E-state index in [1.54, 1.807) is 33.9 Å². The summed E-state index contributed by atoms with van der Waals surface area (Å²) < 4.78 is 18.4. The number of nitrogens with zero attached hydrogens (tertiary/aromatic N) is 5. The van der Waals surface area contributed by atoms with Crippen molar-refractivity contribution in [1.82, 2.24) is 19.5 Å². The number of piperidine rings is 1. The maximum atomic E-state index is 10.8. The SMILES string of the molecule is COc1cc2c(N3CCC(C(O)c4nccn4C)CC3)ncnc2c(OC)c1OC. The van der Waals surface area contributed by atoms with E-state index in [1.165, 1.54) is 0 Å². The van der Waals surface area contributed by atoms with E-state index in [0.717, 1.165) is 37.1 Å². The van der Waals surface area contributed by atoms with E-state index in [4.69, 9.17) is 14.2 Å². The van der Waals surface area contributed by atoms with Gasteiger partial charge >= 0.3 is 0 Å². The predicted octanol–water partition coefficient (Wildman–Crippen LogP) is 2.34. The first-order valence-corrected chi connectivity index (χ1v) is 9.93. The number of fused-ring (bicyclic) bond motifs is 1. The van der Waals surface area contributed by atoms with Crippen LogP contribution in [-0.4, -0.2) is 59.0 Å². The molecular formula is C21H27N5O4. The molecule has 1 aliphatic heterocycles. The highest BCUT2D eigenvalue weighted by Gasteiger charge is 2.30. The Morgan fingerprint density at radius 1 is 1.03 bits per heavy atom. The van der Waals surface area contributed by atoms with Crippen LogP contribution in [0.25, 0.3) is 10.9 Å². The Kier molecular flexibility index (Phi) is 5.63. The topological polar surface area (TPSA) is 94.8 Å². The van der Waals surface area contributed by atoms with Crippen molar-refractivity contribution in [2.24, 2.45) is 13.0 Å². The molecule has 2 aromatic heterocycles. The van der Waals surface area contributed by atoms with Crippen molar-refractivity contribution in [3.63, 3.8) is 0 Å². The Morgan fingerprint density at radius 3 is 2.37 bits per heavy atom. The molecule has 3 aromatic rings. The zero-order valence-corrected chi connectivity index (χ0v) is 17.7. The molecule has 1 saturated heterocycles. The van der Waals surface area contributed by atoms with Crippen LogP contribution in [0.1, 0.15) is 24.8 Å². The third kappa shape index (κ3) is 3.39. The number of hydrogen-bond acceptors (Lipinski definition) is 8. The zero-order valence-electron chi connectivity index (χ0n) is 17.7. The first-order valence-electron chi connectivity index (χ1n) is 9.93. The lowest BCUT2D eigenvalue weighted by atomic mass is 9.90. The van der Waals surface area contributed by atoms with Gasteiger partial charge in [-0.1, -0.05) is 0 Å². The van der Waals surface area contributed by atoms with Gasteiger partial charge in [0, 0.05) is 32.5 Å². The molecule has 1 aliphatic rings. The number of imidazole rings is 1. The van der Waals surface area contributed by atoms with Crippen molar-refractivity contribution in [3.8, 4) is 17.2 Å². The number of rotatable bonds is 6. The largest absolute Gasteiger partial charge is 0.493 e. The van der Waals surface area contributed by atoms with Gasteiger partial charge in [0.15, 0.2) is 11.5 Å². The monoisotopic (exact) mass is 413 g/mol. The quantitative estimate of drug-likeness (QED) is 0.658. The number of aryl methyl sites for hydroxylation is 1. The number of anilines is 1. The highest BCUT2D eigenvalue weighted by molar-refractivity contribution is 5.97. The van der Waals surface area contributed by atoms with Gasteiger partial charge in [0.1, 0.15) is 29.6 Å². The molecule has 1 unspecified atom stereocenters. The minimum atomic E-state index is -0.571. The van der Waals surface area contributed by atoms with Crippen molar-refractivity contribution in [2.75, 3.05) is 39.3 Å². The fraction of sp³-hybridized carbons (Fsp3) is 0.476. The van der Waals surface area contributed by atoms with Gasteiger partial charge in [-0.2, -0.15) is 0 Å². The van der Waals surface area contributed by atoms with Gasteiger partial charge in [-0.05, 0) is 24.8 Å². The van der Waals surface area contributed by atoms with Crippen LogP contribution in [0.5, 0.6) is 17.2 Å². The third-order valence-electron chi connectivity index (χ3n) is 5.82. The fourth-order valence-corrected chi connectivity index (χ4v) is 4.20. The van der Waals surface area contributed by atoms with Crippen molar-refractivity contribution in [3.05, 3.63) is 30.6 Å². The normalized spacial score (nSPS) is 16.0. The van der Waals surface area contributed by atoms with E-state index in [-0.39, 0.29) is 5.92 Å². The summed E-state index contributed by atoms with van der Waals surface area (Å²) >= 11 is 0. The molecule has 0 radical (unpaired) electrons. The number of benzene rings is 1. The molecule has 1 fully saturated rings. The first-order chi connectivity index (χ1) is 14.6. The third-order valence-corrected chi connectivity index (χ3v) is 5.82. The van der Waals surface area contributed by atoms with Crippen LogP contribution in [0.15, 0.2) is 24.8 Å². The zero-order chi connectivity index (χ0) is 21.3. The maximum absolute atomic E-state index is 10.8. The van der Waals surface area contributed by atoms with Gasteiger partial charge in [-0.3, -0.25) is 0 Å². The summed E-state index contributed by atoms with van der Waals surface area (Å²) in [5, 5.41) is 11.6. The molecule has 1 aromatic carbocycles. The van der Waals surface area contributed by atoms with Crippen LogP contribution in [0.4, 0.5) is 5.82 Å². The second-order valence-electron chi connectivity index (χ2n) is 7.40. The number of aliphatic hydroxyl groups is 1. The summed E-state index contributed by atoms with van der Waals surface area (Å²) in [6, 6.07) is 1.89. The highest BCUT2D eigenvalue weighted by Crippen LogP contribution is 2.44. The molecule has 9 nitrogen and oxygen atoms in total. The highest BCUT2D eigenvalue weighted by atomic mass is 16.5. The van der Waals surface area contributed by atoms with Crippen molar-refractivity contribution in [2.45, 2.75) is 18.9 Å². The second-order valence-corrected chi connectivity index (χ2v) is 7.40. The van der Waals surface area contributed by atoms with Crippen LogP contribution in [0.3, 0.4) is 0 Å². The average molecular weight is 413 g/mol. The summed E-state index contributed by atoms with van der Waals surface area (Å²) in [7, 11) is 6.66. The summed E-state index contributed by atoms with van der Waals surface area (Å²) in [6.07, 6.45) is 6.22. The summed E-state index contributed by atoms with van der Waals surface area (Å²) in [4.78, 5) is 15.5. The molecule has 0 aliphatic carbocycles. The van der Waals surface area contributed by atoms with Crippen molar-refractivity contribution >= 4 is 16.7 Å². The van der Waals surface area contributed by atoms with Crippen LogP contribution in [0, 0.1) is 5.92 Å². The lowest BCUT2D eigenvalue weighted by Gasteiger charge is -2.35. The molecule has 1 N–H and O–H groups in total. The fourth-order valence-electron chi connectivity index (χ4n) is 4.20. The number of aromatic nitrogens is 4. The molecule has 160 valence electrons. The molecule has 30 heavy (non-hydrogen) atoms. The number of aliphatic hydroxyl groups excluding tert-OH is 1. The number of methoxy groups -OCH3 is 3.